The number of nitrogens with zero attached hydrogens (tertiary/aromatic N) is 3. The number of carboxylic acid groups (broad SMARTS) is 1. The average Bonchev–Trinajstić information content (AvgIpc) is 3.07. The topological polar surface area (TPSA) is 124 Å². The van der Waals surface area contributed by atoms with Gasteiger partial charge in [-0.1, -0.05) is 60.4 Å². The fraction of sp³-hybridized carbons (Fsp3) is 0.174. The second-order valence-corrected chi connectivity index (χ2v) is 9.21. The molecule has 0 saturated carbocycles. The highest BCUT2D eigenvalue weighted by atomic mass is 32.2. The Bertz CT molecular complexity index is 1390. The molecule has 1 fully saturated rings. The van der Waals surface area contributed by atoms with Gasteiger partial charge in [-0.25, -0.2) is 4.98 Å². The van der Waals surface area contributed by atoms with Crippen molar-refractivity contribution in [3.05, 3.63) is 80.6 Å². The van der Waals surface area contributed by atoms with E-state index in [0.29, 0.717) is 11.2 Å². The lowest BCUT2D eigenvalue weighted by molar-refractivity contribution is -0.140. The van der Waals surface area contributed by atoms with Crippen LogP contribution in [0.15, 0.2) is 58.4 Å². The molecule has 1 unspecified atom stereocenters. The van der Waals surface area contributed by atoms with Crippen molar-refractivity contribution in [1.29, 1.82) is 0 Å². The van der Waals surface area contributed by atoms with E-state index in [1.807, 2.05) is 31.2 Å². The van der Waals surface area contributed by atoms with Crippen LogP contribution in [0.1, 0.15) is 22.8 Å². The van der Waals surface area contributed by atoms with Gasteiger partial charge in [0.05, 0.1) is 16.6 Å². The SMILES string of the molecule is Cc1cccn2c(=O)c(C=C3SC(=S)N(CC(=O)O)C3=O)c(NCC(O)c3ccccc3)nc12. The van der Waals surface area contributed by atoms with Crippen molar-refractivity contribution in [2.24, 2.45) is 0 Å². The van der Waals surface area contributed by atoms with Gasteiger partial charge < -0.3 is 15.5 Å². The largest absolute Gasteiger partial charge is 0.480 e. The number of carbonyl (C=O) groups excluding carboxylic acids is 1. The van der Waals surface area contributed by atoms with Crippen LogP contribution in [0.4, 0.5) is 5.82 Å². The number of hydrogen-bond donors (Lipinski definition) is 3. The molecule has 1 aliphatic rings. The summed E-state index contributed by atoms with van der Waals surface area (Å²) in [5.74, 6) is -1.60. The van der Waals surface area contributed by atoms with Crippen LogP contribution < -0.4 is 10.9 Å². The molecular formula is C23H20N4O5S2. The second-order valence-electron chi connectivity index (χ2n) is 7.53. The lowest BCUT2D eigenvalue weighted by Gasteiger charge is -2.15. The Labute approximate surface area is 203 Å². The number of pyridine rings is 1. The van der Waals surface area contributed by atoms with E-state index < -0.39 is 30.1 Å². The van der Waals surface area contributed by atoms with Crippen LogP contribution in [0.2, 0.25) is 0 Å². The number of hydrogen-bond acceptors (Lipinski definition) is 8. The van der Waals surface area contributed by atoms with E-state index in [1.165, 1.54) is 10.5 Å². The van der Waals surface area contributed by atoms with Crippen molar-refractivity contribution in [2.45, 2.75) is 13.0 Å². The fourth-order valence-corrected chi connectivity index (χ4v) is 4.70. The third-order valence-electron chi connectivity index (χ3n) is 5.17. The predicted molar refractivity (Wildman–Crippen MR) is 134 cm³/mol. The molecule has 0 spiro atoms. The van der Waals surface area contributed by atoms with Crippen LogP contribution in [-0.2, 0) is 9.59 Å². The maximum atomic E-state index is 13.4. The van der Waals surface area contributed by atoms with Gasteiger partial charge in [-0.2, -0.15) is 0 Å². The molecule has 1 amide bonds. The second kappa shape index (κ2) is 9.75. The lowest BCUT2D eigenvalue weighted by atomic mass is 10.1. The van der Waals surface area contributed by atoms with E-state index in [1.54, 1.807) is 24.4 Å². The number of fused-ring (bicyclic) bond motifs is 1. The molecule has 1 atom stereocenters. The molecule has 0 bridgehead atoms. The van der Waals surface area contributed by atoms with E-state index in [2.05, 4.69) is 10.3 Å². The fourth-order valence-electron chi connectivity index (χ4n) is 3.47. The third kappa shape index (κ3) is 4.72. The minimum absolute atomic E-state index is 0.0688. The number of aryl methyl sites for hydroxylation is 1. The number of thiocarbonyl (C=S) groups is 1. The van der Waals surface area contributed by atoms with Gasteiger partial charge in [0.25, 0.3) is 11.5 Å². The minimum Gasteiger partial charge on any atom is -0.480 e. The number of aromatic nitrogens is 2. The number of carboxylic acids is 1. The number of aliphatic hydroxyl groups excluding tert-OH is 1. The van der Waals surface area contributed by atoms with Crippen LogP contribution in [0.3, 0.4) is 0 Å². The monoisotopic (exact) mass is 496 g/mol. The van der Waals surface area contributed by atoms with E-state index in [-0.39, 0.29) is 27.2 Å². The number of rotatable bonds is 7. The van der Waals surface area contributed by atoms with Crippen molar-refractivity contribution in [1.82, 2.24) is 14.3 Å². The maximum absolute atomic E-state index is 13.4. The molecule has 3 aromatic rings. The third-order valence-corrected chi connectivity index (χ3v) is 6.55. The Balaban J connectivity index is 1.76. The standard InChI is InChI=1S/C23H20N4O5S2/c1-13-6-5-9-26-20(13)25-19(24-11-16(28)14-7-3-2-4-8-14)15(21(26)31)10-17-22(32)27(12-18(29)30)23(33)34-17/h2-10,16,24,28H,11-12H2,1H3,(H,29,30). The molecule has 1 aromatic carbocycles. The van der Waals surface area contributed by atoms with Gasteiger partial charge in [-0.15, -0.1) is 0 Å². The molecule has 2 aromatic heterocycles. The number of carbonyl (C=O) groups is 2. The first-order valence-corrected chi connectivity index (χ1v) is 11.4. The zero-order valence-electron chi connectivity index (χ0n) is 18.0. The van der Waals surface area contributed by atoms with Crippen LogP contribution in [0, 0.1) is 6.92 Å². The maximum Gasteiger partial charge on any atom is 0.323 e. The molecule has 0 radical (unpaired) electrons. The highest BCUT2D eigenvalue weighted by Gasteiger charge is 2.34. The summed E-state index contributed by atoms with van der Waals surface area (Å²) in [4.78, 5) is 42.9. The molecular weight excluding hydrogens is 476 g/mol. The number of anilines is 1. The summed E-state index contributed by atoms with van der Waals surface area (Å²) in [6.45, 7) is 1.32. The lowest BCUT2D eigenvalue weighted by Crippen LogP contribution is -2.33. The minimum atomic E-state index is -1.20. The smallest absolute Gasteiger partial charge is 0.323 e. The van der Waals surface area contributed by atoms with Crippen LogP contribution >= 0.6 is 24.0 Å². The van der Waals surface area contributed by atoms with Gasteiger partial charge >= 0.3 is 5.97 Å². The summed E-state index contributed by atoms with van der Waals surface area (Å²) in [6.07, 6.45) is 2.08. The molecule has 9 nitrogen and oxygen atoms in total. The van der Waals surface area contributed by atoms with E-state index in [0.717, 1.165) is 22.2 Å². The first kappa shape index (κ1) is 23.6. The highest BCUT2D eigenvalue weighted by molar-refractivity contribution is 8.26. The molecule has 1 aliphatic heterocycles. The highest BCUT2D eigenvalue weighted by Crippen LogP contribution is 2.33. The first-order chi connectivity index (χ1) is 16.3. The quantitative estimate of drug-likeness (QED) is 0.334. The van der Waals surface area contributed by atoms with Gasteiger partial charge in [-0.05, 0) is 30.2 Å². The Hall–Kier alpha value is -3.54. The molecule has 4 rings (SSSR count). The van der Waals surface area contributed by atoms with Crippen molar-refractivity contribution < 1.29 is 19.8 Å². The number of aliphatic carboxylic acids is 1. The number of amides is 1. The van der Waals surface area contributed by atoms with Gasteiger partial charge in [0, 0.05) is 12.7 Å². The Morgan fingerprint density at radius 3 is 2.68 bits per heavy atom. The molecule has 0 aliphatic carbocycles. The normalized spacial score (nSPS) is 15.8. The molecule has 1 saturated heterocycles. The Kier molecular flexibility index (Phi) is 6.77. The van der Waals surface area contributed by atoms with Gasteiger partial charge in [0.1, 0.15) is 22.3 Å². The van der Waals surface area contributed by atoms with E-state index >= 15 is 0 Å². The van der Waals surface area contributed by atoms with Gasteiger partial charge in [0.2, 0.25) is 0 Å². The molecule has 174 valence electrons. The number of thioether (sulfide) groups is 1. The molecule has 3 heterocycles. The number of aliphatic hydroxyl groups is 1. The van der Waals surface area contributed by atoms with Crippen molar-refractivity contribution in [3.63, 3.8) is 0 Å². The number of nitrogens with one attached hydrogen (secondary N) is 1. The summed E-state index contributed by atoms with van der Waals surface area (Å²) < 4.78 is 1.47. The number of benzene rings is 1. The summed E-state index contributed by atoms with van der Waals surface area (Å²) >= 11 is 6.06. The van der Waals surface area contributed by atoms with Crippen molar-refractivity contribution in [2.75, 3.05) is 18.4 Å². The predicted octanol–water partition coefficient (Wildman–Crippen LogP) is 2.43. The first-order valence-electron chi connectivity index (χ1n) is 10.2. The van der Waals surface area contributed by atoms with Crippen LogP contribution in [0.5, 0.6) is 0 Å². The van der Waals surface area contributed by atoms with E-state index in [9.17, 15) is 19.5 Å². The summed E-state index contributed by atoms with van der Waals surface area (Å²) in [6, 6.07) is 12.6. The molecule has 34 heavy (non-hydrogen) atoms. The van der Waals surface area contributed by atoms with Crippen LogP contribution in [-0.4, -0.2) is 53.8 Å². The average molecular weight is 497 g/mol. The zero-order chi connectivity index (χ0) is 24.4. The molecule has 3 N–H and O–H groups in total. The van der Waals surface area contributed by atoms with Crippen molar-refractivity contribution in [3.8, 4) is 0 Å². The van der Waals surface area contributed by atoms with Crippen molar-refractivity contribution >= 4 is 57.7 Å². The summed E-state index contributed by atoms with van der Waals surface area (Å²) in [5.41, 5.74) is 1.57. The van der Waals surface area contributed by atoms with Crippen LogP contribution in [0.25, 0.3) is 11.7 Å². The summed E-state index contributed by atoms with van der Waals surface area (Å²) in [5, 5.41) is 22.7. The van der Waals surface area contributed by atoms with Gasteiger partial charge in [0.15, 0.2) is 0 Å². The zero-order valence-corrected chi connectivity index (χ0v) is 19.6. The van der Waals surface area contributed by atoms with Gasteiger partial charge in [-0.3, -0.25) is 23.7 Å². The summed E-state index contributed by atoms with van der Waals surface area (Å²) in [7, 11) is 0. The van der Waals surface area contributed by atoms with E-state index in [4.69, 9.17) is 17.3 Å². The molecule has 11 heteroatoms. The Morgan fingerprint density at radius 1 is 1.24 bits per heavy atom. The Morgan fingerprint density at radius 2 is 1.97 bits per heavy atom.